The third-order valence-corrected chi connectivity index (χ3v) is 5.33. The largest absolute Gasteiger partial charge is 0.508 e. The Morgan fingerprint density at radius 3 is 2.52 bits per heavy atom. The monoisotopic (exact) mass is 410 g/mol. The Balaban J connectivity index is 1.32. The number of piperazine rings is 1. The molecule has 0 atom stereocenters. The van der Waals surface area contributed by atoms with Gasteiger partial charge >= 0.3 is 6.03 Å². The first-order valence-corrected chi connectivity index (χ1v) is 9.81. The van der Waals surface area contributed by atoms with Gasteiger partial charge in [0.2, 0.25) is 5.13 Å². The van der Waals surface area contributed by atoms with Gasteiger partial charge in [0.15, 0.2) is 5.01 Å². The Kier molecular flexibility index (Phi) is 5.34. The van der Waals surface area contributed by atoms with Crippen LogP contribution in [0, 0.1) is 0 Å². The van der Waals surface area contributed by atoms with Crippen molar-refractivity contribution in [3.8, 4) is 16.5 Å². The molecule has 0 bridgehead atoms. The first-order valence-electron chi connectivity index (χ1n) is 8.99. The molecule has 10 heteroatoms. The number of amides is 3. The number of carbonyl (C=O) groups excluding carboxylic acids is 2. The molecule has 1 aromatic carbocycles. The van der Waals surface area contributed by atoms with Crippen LogP contribution in [0.5, 0.6) is 5.75 Å². The fraction of sp³-hybridized carbons (Fsp3) is 0.211. The van der Waals surface area contributed by atoms with E-state index in [9.17, 15) is 14.7 Å². The summed E-state index contributed by atoms with van der Waals surface area (Å²) in [6.07, 6.45) is 1.67. The van der Waals surface area contributed by atoms with E-state index in [1.165, 1.54) is 23.5 Å². The number of phenolic OH excluding ortho intramolecular Hbond substituents is 1. The van der Waals surface area contributed by atoms with Crippen LogP contribution in [-0.4, -0.2) is 68.2 Å². The lowest BCUT2D eigenvalue weighted by Crippen LogP contribution is -2.51. The summed E-state index contributed by atoms with van der Waals surface area (Å²) < 4.78 is 0. The minimum atomic E-state index is -0.279. The van der Waals surface area contributed by atoms with Crippen molar-refractivity contribution < 1.29 is 14.7 Å². The number of anilines is 1. The van der Waals surface area contributed by atoms with E-state index in [2.05, 4.69) is 20.5 Å². The van der Waals surface area contributed by atoms with Gasteiger partial charge in [-0.15, -0.1) is 10.2 Å². The number of benzene rings is 1. The zero-order valence-corrected chi connectivity index (χ0v) is 16.2. The van der Waals surface area contributed by atoms with Crippen molar-refractivity contribution in [1.29, 1.82) is 0 Å². The van der Waals surface area contributed by atoms with Gasteiger partial charge in [0, 0.05) is 37.9 Å². The second kappa shape index (κ2) is 8.23. The van der Waals surface area contributed by atoms with E-state index in [4.69, 9.17) is 0 Å². The summed E-state index contributed by atoms with van der Waals surface area (Å²) in [5, 5.41) is 21.4. The van der Waals surface area contributed by atoms with Crippen LogP contribution in [-0.2, 0) is 0 Å². The topological polar surface area (TPSA) is 112 Å². The number of nitrogens with one attached hydrogen (secondary N) is 1. The molecule has 29 heavy (non-hydrogen) atoms. The second-order valence-electron chi connectivity index (χ2n) is 6.39. The van der Waals surface area contributed by atoms with Crippen LogP contribution in [0.2, 0.25) is 0 Å². The molecule has 1 saturated heterocycles. The molecule has 4 rings (SSSR count). The molecular formula is C19H18N6O3S. The summed E-state index contributed by atoms with van der Waals surface area (Å²) in [6.45, 7) is 1.64. The normalized spacial score (nSPS) is 13.9. The number of hydrogen-bond acceptors (Lipinski definition) is 7. The molecule has 3 aromatic rings. The molecule has 0 aliphatic carbocycles. The highest BCUT2D eigenvalue weighted by molar-refractivity contribution is 7.18. The summed E-state index contributed by atoms with van der Waals surface area (Å²) in [5.41, 5.74) is 1.13. The van der Waals surface area contributed by atoms with Crippen molar-refractivity contribution in [1.82, 2.24) is 25.0 Å². The Morgan fingerprint density at radius 1 is 1.00 bits per heavy atom. The predicted octanol–water partition coefficient (Wildman–Crippen LogP) is 2.30. The SMILES string of the molecule is O=C(Nc1nnc(-c2ccccn2)s1)N1CCN(C(=O)c2cccc(O)c2)CC1. The van der Waals surface area contributed by atoms with Gasteiger partial charge in [0.05, 0.1) is 0 Å². The summed E-state index contributed by atoms with van der Waals surface area (Å²) >= 11 is 1.25. The lowest BCUT2D eigenvalue weighted by Gasteiger charge is -2.34. The summed E-state index contributed by atoms with van der Waals surface area (Å²) in [6, 6.07) is 11.5. The van der Waals surface area contributed by atoms with E-state index in [1.807, 2.05) is 18.2 Å². The molecule has 148 valence electrons. The van der Waals surface area contributed by atoms with Gasteiger partial charge in [-0.3, -0.25) is 15.1 Å². The highest BCUT2D eigenvalue weighted by Crippen LogP contribution is 2.24. The average Bonchev–Trinajstić information content (AvgIpc) is 3.22. The molecule has 1 aliphatic heterocycles. The second-order valence-corrected chi connectivity index (χ2v) is 7.36. The van der Waals surface area contributed by atoms with Gasteiger partial charge in [0.25, 0.3) is 5.91 Å². The number of aromatic hydroxyl groups is 1. The zero-order valence-electron chi connectivity index (χ0n) is 15.4. The van der Waals surface area contributed by atoms with Gasteiger partial charge in [0.1, 0.15) is 11.4 Å². The maximum Gasteiger partial charge on any atom is 0.323 e. The quantitative estimate of drug-likeness (QED) is 0.685. The van der Waals surface area contributed by atoms with Crippen molar-refractivity contribution in [2.45, 2.75) is 0 Å². The Morgan fingerprint density at radius 2 is 1.79 bits per heavy atom. The maximum atomic E-state index is 12.5. The van der Waals surface area contributed by atoms with Crippen LogP contribution in [0.25, 0.3) is 10.7 Å². The fourth-order valence-electron chi connectivity index (χ4n) is 2.97. The van der Waals surface area contributed by atoms with Crippen molar-refractivity contribution in [2.24, 2.45) is 0 Å². The minimum Gasteiger partial charge on any atom is -0.508 e. The number of urea groups is 1. The minimum absolute atomic E-state index is 0.0518. The fourth-order valence-corrected chi connectivity index (χ4v) is 3.68. The number of hydrogen-bond donors (Lipinski definition) is 2. The first-order chi connectivity index (χ1) is 14.1. The Hall–Kier alpha value is -3.53. The van der Waals surface area contributed by atoms with Crippen LogP contribution in [0.4, 0.5) is 9.93 Å². The molecule has 2 aromatic heterocycles. The summed E-state index contributed by atoms with van der Waals surface area (Å²) in [5.74, 6) is -0.110. The number of phenols is 1. The van der Waals surface area contributed by atoms with Crippen molar-refractivity contribution in [3.05, 3.63) is 54.2 Å². The molecule has 9 nitrogen and oxygen atoms in total. The van der Waals surface area contributed by atoms with E-state index in [0.717, 1.165) is 0 Å². The van der Waals surface area contributed by atoms with Crippen molar-refractivity contribution in [3.63, 3.8) is 0 Å². The summed E-state index contributed by atoms with van der Waals surface area (Å²) in [4.78, 5) is 32.6. The number of nitrogens with zero attached hydrogens (tertiary/aromatic N) is 5. The molecular weight excluding hydrogens is 392 g/mol. The highest BCUT2D eigenvalue weighted by atomic mass is 32.1. The highest BCUT2D eigenvalue weighted by Gasteiger charge is 2.25. The molecule has 3 amide bonds. The number of pyridine rings is 1. The molecule has 1 aliphatic rings. The number of carbonyl (C=O) groups is 2. The van der Waals surface area contributed by atoms with E-state index >= 15 is 0 Å². The van der Waals surface area contributed by atoms with E-state index in [-0.39, 0.29) is 17.7 Å². The van der Waals surface area contributed by atoms with Crippen LogP contribution >= 0.6 is 11.3 Å². The molecule has 0 saturated carbocycles. The maximum absolute atomic E-state index is 12.5. The number of rotatable bonds is 3. The standard InChI is InChI=1S/C19H18N6O3S/c26-14-5-3-4-13(12-14)17(27)24-8-10-25(11-9-24)19(28)21-18-23-22-16(29-18)15-6-1-2-7-20-15/h1-7,12,26H,8-11H2,(H,21,23,28). The third-order valence-electron chi connectivity index (χ3n) is 4.47. The smallest absolute Gasteiger partial charge is 0.323 e. The van der Waals surface area contributed by atoms with E-state index < -0.39 is 0 Å². The van der Waals surface area contributed by atoms with E-state index in [1.54, 1.807) is 28.1 Å². The lowest BCUT2D eigenvalue weighted by atomic mass is 10.1. The van der Waals surface area contributed by atoms with Gasteiger partial charge in [-0.25, -0.2) is 4.79 Å². The molecule has 0 unspecified atom stereocenters. The Bertz CT molecular complexity index is 1020. The molecule has 0 spiro atoms. The third kappa shape index (κ3) is 4.32. The first kappa shape index (κ1) is 18.8. The van der Waals surface area contributed by atoms with Crippen molar-refractivity contribution in [2.75, 3.05) is 31.5 Å². The van der Waals surface area contributed by atoms with Gasteiger partial charge < -0.3 is 14.9 Å². The average molecular weight is 410 g/mol. The molecule has 1 fully saturated rings. The van der Waals surface area contributed by atoms with Crippen LogP contribution in [0.1, 0.15) is 10.4 Å². The lowest BCUT2D eigenvalue weighted by molar-refractivity contribution is 0.0671. The van der Waals surface area contributed by atoms with Crippen LogP contribution in [0.15, 0.2) is 48.7 Å². The van der Waals surface area contributed by atoms with Crippen molar-refractivity contribution >= 4 is 28.4 Å². The van der Waals surface area contributed by atoms with Gasteiger partial charge in [-0.2, -0.15) is 0 Å². The van der Waals surface area contributed by atoms with E-state index in [0.29, 0.717) is 47.6 Å². The molecule has 0 radical (unpaired) electrons. The Labute approximate surface area is 170 Å². The van der Waals surface area contributed by atoms with Crippen LogP contribution in [0.3, 0.4) is 0 Å². The zero-order chi connectivity index (χ0) is 20.2. The van der Waals surface area contributed by atoms with Gasteiger partial charge in [-0.1, -0.05) is 23.5 Å². The number of aromatic nitrogens is 3. The molecule has 3 heterocycles. The predicted molar refractivity (Wildman–Crippen MR) is 108 cm³/mol. The molecule has 2 N–H and O–H groups in total. The van der Waals surface area contributed by atoms with Gasteiger partial charge in [-0.05, 0) is 30.3 Å². The van der Waals surface area contributed by atoms with Crippen LogP contribution < -0.4 is 5.32 Å². The summed E-state index contributed by atoms with van der Waals surface area (Å²) in [7, 11) is 0.